The van der Waals surface area contributed by atoms with Gasteiger partial charge in [0.15, 0.2) is 0 Å². The van der Waals surface area contributed by atoms with Crippen molar-refractivity contribution in [3.8, 4) is 0 Å². The molecular formula is C11H11Cl3N2. The van der Waals surface area contributed by atoms with Gasteiger partial charge < -0.3 is 0 Å². The van der Waals surface area contributed by atoms with E-state index in [0.717, 1.165) is 5.69 Å². The minimum absolute atomic E-state index is 0.216. The van der Waals surface area contributed by atoms with E-state index in [1.54, 1.807) is 16.8 Å². The van der Waals surface area contributed by atoms with E-state index in [1.807, 2.05) is 26.1 Å². The molecule has 0 aliphatic heterocycles. The van der Waals surface area contributed by atoms with Gasteiger partial charge in [-0.15, -0.1) is 11.6 Å². The van der Waals surface area contributed by atoms with Crippen LogP contribution in [0, 0.1) is 6.92 Å². The Hall–Kier alpha value is -0.440. The van der Waals surface area contributed by atoms with Crippen LogP contribution in [-0.4, -0.2) is 14.7 Å². The van der Waals surface area contributed by atoms with Crippen LogP contribution in [-0.2, 0) is 0 Å². The molecule has 1 heterocycles. The van der Waals surface area contributed by atoms with Crippen molar-refractivity contribution in [2.45, 2.75) is 24.8 Å². The van der Waals surface area contributed by atoms with E-state index < -0.39 is 4.87 Å². The van der Waals surface area contributed by atoms with Crippen LogP contribution in [0.5, 0.6) is 0 Å². The highest BCUT2D eigenvalue weighted by atomic mass is 35.5. The molecule has 2 rings (SSSR count). The third-order valence-corrected chi connectivity index (χ3v) is 3.35. The Morgan fingerprint density at radius 2 is 2.12 bits per heavy atom. The molecule has 0 spiro atoms. The Morgan fingerprint density at radius 1 is 1.44 bits per heavy atom. The third kappa shape index (κ3) is 2.15. The van der Waals surface area contributed by atoms with Crippen molar-refractivity contribution in [2.24, 2.45) is 0 Å². The van der Waals surface area contributed by atoms with Gasteiger partial charge in [0.05, 0.1) is 10.6 Å². The van der Waals surface area contributed by atoms with Gasteiger partial charge in [-0.1, -0.05) is 23.2 Å². The Morgan fingerprint density at radius 3 is 2.62 bits per heavy atom. The highest BCUT2D eigenvalue weighted by molar-refractivity contribution is 6.37. The van der Waals surface area contributed by atoms with Crippen molar-refractivity contribution in [3.05, 3.63) is 40.2 Å². The quantitative estimate of drug-likeness (QED) is 0.710. The fraction of sp³-hybridized carbons (Fsp3) is 0.364. The Bertz CT molecular complexity index is 471. The van der Waals surface area contributed by atoms with Gasteiger partial charge in [0.1, 0.15) is 6.04 Å². The number of halogens is 3. The van der Waals surface area contributed by atoms with Crippen LogP contribution in [0.2, 0.25) is 0 Å². The first kappa shape index (κ1) is 12.0. The highest BCUT2D eigenvalue weighted by Gasteiger charge is 2.37. The third-order valence-electron chi connectivity index (χ3n) is 2.50. The number of nitrogens with zero attached hydrogens (tertiary/aromatic N) is 2. The minimum atomic E-state index is -0.665. The summed E-state index contributed by atoms with van der Waals surface area (Å²) < 4.78 is 1.76. The van der Waals surface area contributed by atoms with E-state index in [0.29, 0.717) is 10.1 Å². The number of alkyl halides is 1. The lowest BCUT2D eigenvalue weighted by Crippen LogP contribution is -2.32. The molecule has 2 nitrogen and oxygen atoms in total. The van der Waals surface area contributed by atoms with Crippen LogP contribution in [0.1, 0.15) is 18.7 Å². The summed E-state index contributed by atoms with van der Waals surface area (Å²) in [7, 11) is 0. The van der Waals surface area contributed by atoms with Crippen LogP contribution < -0.4 is 0 Å². The Labute approximate surface area is 109 Å². The van der Waals surface area contributed by atoms with Gasteiger partial charge in [0, 0.05) is 16.3 Å². The van der Waals surface area contributed by atoms with Crippen LogP contribution in [0.4, 0.5) is 0 Å². The number of allylic oxidation sites excluding steroid dienone is 4. The van der Waals surface area contributed by atoms with Crippen LogP contribution in [0.3, 0.4) is 0 Å². The van der Waals surface area contributed by atoms with Gasteiger partial charge in [-0.2, -0.15) is 5.10 Å². The van der Waals surface area contributed by atoms with E-state index in [2.05, 4.69) is 5.10 Å². The Kier molecular flexibility index (Phi) is 3.08. The molecular weight excluding hydrogens is 266 g/mol. The maximum absolute atomic E-state index is 6.42. The van der Waals surface area contributed by atoms with Crippen molar-refractivity contribution >= 4 is 34.8 Å². The van der Waals surface area contributed by atoms with Crippen LogP contribution in [0.25, 0.3) is 0 Å². The number of aromatic nitrogens is 2. The van der Waals surface area contributed by atoms with E-state index in [-0.39, 0.29) is 6.04 Å². The first-order valence-electron chi connectivity index (χ1n) is 4.86. The molecule has 2 unspecified atom stereocenters. The zero-order valence-electron chi connectivity index (χ0n) is 8.92. The first-order chi connectivity index (χ1) is 7.40. The normalized spacial score (nSPS) is 29.9. The number of aryl methyl sites for hydroxylation is 1. The molecule has 1 aliphatic carbocycles. The van der Waals surface area contributed by atoms with Crippen molar-refractivity contribution in [1.29, 1.82) is 0 Å². The molecule has 0 saturated heterocycles. The monoisotopic (exact) mass is 276 g/mol. The summed E-state index contributed by atoms with van der Waals surface area (Å²) in [4.78, 5) is -0.665. The van der Waals surface area contributed by atoms with Crippen molar-refractivity contribution in [1.82, 2.24) is 9.78 Å². The summed E-state index contributed by atoms with van der Waals surface area (Å²) >= 11 is 18.6. The molecule has 0 N–H and O–H groups in total. The zero-order chi connectivity index (χ0) is 11.9. The van der Waals surface area contributed by atoms with Gasteiger partial charge in [0.25, 0.3) is 0 Å². The van der Waals surface area contributed by atoms with Crippen molar-refractivity contribution < 1.29 is 0 Å². The number of hydrogen-bond acceptors (Lipinski definition) is 1. The molecule has 0 aromatic carbocycles. The minimum Gasteiger partial charge on any atom is -0.262 e. The summed E-state index contributed by atoms with van der Waals surface area (Å²) in [5, 5.41) is 5.49. The second-order valence-corrected chi connectivity index (χ2v) is 5.74. The molecule has 0 saturated carbocycles. The van der Waals surface area contributed by atoms with Gasteiger partial charge >= 0.3 is 0 Å². The van der Waals surface area contributed by atoms with E-state index in [1.165, 1.54) is 0 Å². The van der Waals surface area contributed by atoms with E-state index in [4.69, 9.17) is 34.8 Å². The smallest absolute Gasteiger partial charge is 0.110 e. The fourth-order valence-electron chi connectivity index (χ4n) is 1.83. The molecule has 1 aromatic heterocycles. The predicted molar refractivity (Wildman–Crippen MR) is 68.1 cm³/mol. The molecule has 0 amide bonds. The molecule has 5 heteroatoms. The standard InChI is InChI=1S/C11H11Cl3N2/c1-7-3-4-16(15-7)10-9(13)5-8(12)6-11(10,2)14/h3-6,10H,1-2H3. The number of hydrogen-bond donors (Lipinski definition) is 0. The molecule has 0 bridgehead atoms. The molecule has 1 aromatic rings. The van der Waals surface area contributed by atoms with Gasteiger partial charge in [-0.05, 0) is 32.1 Å². The molecule has 0 radical (unpaired) electrons. The highest BCUT2D eigenvalue weighted by Crippen LogP contribution is 2.43. The summed E-state index contributed by atoms with van der Waals surface area (Å²) in [6.45, 7) is 3.79. The summed E-state index contributed by atoms with van der Waals surface area (Å²) in [6.07, 6.45) is 5.35. The zero-order valence-corrected chi connectivity index (χ0v) is 11.2. The largest absolute Gasteiger partial charge is 0.262 e. The Balaban J connectivity index is 2.45. The van der Waals surface area contributed by atoms with Gasteiger partial charge in [0.2, 0.25) is 0 Å². The summed E-state index contributed by atoms with van der Waals surface area (Å²) in [5.41, 5.74) is 0.928. The molecule has 16 heavy (non-hydrogen) atoms. The average molecular weight is 278 g/mol. The van der Waals surface area contributed by atoms with Gasteiger partial charge in [-0.25, -0.2) is 0 Å². The predicted octanol–water partition coefficient (Wildman–Crippen LogP) is 3.99. The van der Waals surface area contributed by atoms with E-state index >= 15 is 0 Å². The molecule has 1 aliphatic rings. The van der Waals surface area contributed by atoms with Crippen LogP contribution in [0.15, 0.2) is 34.5 Å². The second-order valence-electron chi connectivity index (χ2n) is 4.05. The fourth-order valence-corrected chi connectivity index (χ4v) is 3.12. The van der Waals surface area contributed by atoms with E-state index in [9.17, 15) is 0 Å². The molecule has 2 atom stereocenters. The lowest BCUT2D eigenvalue weighted by molar-refractivity contribution is 0.458. The second kappa shape index (κ2) is 4.10. The maximum atomic E-state index is 6.42. The van der Waals surface area contributed by atoms with Crippen molar-refractivity contribution in [2.75, 3.05) is 0 Å². The number of rotatable bonds is 1. The lowest BCUT2D eigenvalue weighted by atomic mass is 9.96. The van der Waals surface area contributed by atoms with Crippen molar-refractivity contribution in [3.63, 3.8) is 0 Å². The summed E-state index contributed by atoms with van der Waals surface area (Å²) in [6, 6.07) is 1.70. The SMILES string of the molecule is Cc1ccn(C2C(Cl)=CC(Cl)=CC2(C)Cl)n1. The molecule has 0 fully saturated rings. The summed E-state index contributed by atoms with van der Waals surface area (Å²) in [5.74, 6) is 0. The first-order valence-corrected chi connectivity index (χ1v) is 5.99. The van der Waals surface area contributed by atoms with Gasteiger partial charge in [-0.3, -0.25) is 4.68 Å². The topological polar surface area (TPSA) is 17.8 Å². The lowest BCUT2D eigenvalue weighted by Gasteiger charge is -2.32. The molecule has 86 valence electrons. The van der Waals surface area contributed by atoms with Crippen LogP contribution >= 0.6 is 34.8 Å². The maximum Gasteiger partial charge on any atom is 0.110 e. The average Bonchev–Trinajstić information content (AvgIpc) is 2.47.